The highest BCUT2D eigenvalue weighted by Gasteiger charge is 2.40. The molecule has 1 fully saturated rings. The van der Waals surface area contributed by atoms with E-state index in [1.807, 2.05) is 6.92 Å². The van der Waals surface area contributed by atoms with Crippen molar-refractivity contribution in [2.45, 2.75) is 31.0 Å². The lowest BCUT2D eigenvalue weighted by molar-refractivity contribution is -0.00461. The van der Waals surface area contributed by atoms with E-state index in [1.165, 1.54) is 10.4 Å². The van der Waals surface area contributed by atoms with Crippen molar-refractivity contribution in [1.82, 2.24) is 4.31 Å². The highest BCUT2D eigenvalue weighted by atomic mass is 32.2. The van der Waals surface area contributed by atoms with E-state index in [2.05, 4.69) is 0 Å². The van der Waals surface area contributed by atoms with Crippen molar-refractivity contribution >= 4 is 15.7 Å². The predicted octanol–water partition coefficient (Wildman–Crippen LogP) is 0.920. The van der Waals surface area contributed by atoms with Crippen LogP contribution in [0.5, 0.6) is 0 Å². The van der Waals surface area contributed by atoms with Crippen LogP contribution in [-0.2, 0) is 19.5 Å². The lowest BCUT2D eigenvalue weighted by Gasteiger charge is -2.19. The number of hydrogen-bond donors (Lipinski definition) is 1. The number of methoxy groups -OCH3 is 2. The lowest BCUT2D eigenvalue weighted by Crippen LogP contribution is -2.31. The average molecular weight is 314 g/mol. The summed E-state index contributed by atoms with van der Waals surface area (Å²) in [7, 11) is -0.491. The molecule has 6 nitrogen and oxygen atoms in total. The minimum absolute atomic E-state index is 0.256. The highest BCUT2D eigenvalue weighted by Crippen LogP contribution is 2.28. The minimum atomic E-state index is -3.61. The number of anilines is 1. The molecule has 0 bridgehead atoms. The van der Waals surface area contributed by atoms with Crippen LogP contribution in [0, 0.1) is 13.8 Å². The van der Waals surface area contributed by atoms with Crippen LogP contribution in [0.2, 0.25) is 0 Å². The minimum Gasteiger partial charge on any atom is -0.399 e. The molecule has 1 aliphatic rings. The summed E-state index contributed by atoms with van der Waals surface area (Å²) in [6, 6.07) is 3.29. The van der Waals surface area contributed by atoms with Gasteiger partial charge in [0, 0.05) is 33.0 Å². The van der Waals surface area contributed by atoms with Gasteiger partial charge >= 0.3 is 0 Å². The van der Waals surface area contributed by atoms with Crippen LogP contribution in [0.1, 0.15) is 11.1 Å². The number of nitrogens with zero attached hydrogens (tertiary/aromatic N) is 1. The number of benzene rings is 1. The van der Waals surface area contributed by atoms with Crippen molar-refractivity contribution in [2.24, 2.45) is 0 Å². The first-order valence-corrected chi connectivity index (χ1v) is 8.17. The van der Waals surface area contributed by atoms with Gasteiger partial charge < -0.3 is 15.2 Å². The van der Waals surface area contributed by atoms with Gasteiger partial charge in [0.25, 0.3) is 0 Å². The Morgan fingerprint density at radius 1 is 1.14 bits per heavy atom. The number of rotatable bonds is 4. The Balaban J connectivity index is 2.40. The third-order valence-electron chi connectivity index (χ3n) is 4.05. The Labute approximate surface area is 125 Å². The second-order valence-corrected chi connectivity index (χ2v) is 7.24. The van der Waals surface area contributed by atoms with Crippen molar-refractivity contribution in [2.75, 3.05) is 33.0 Å². The fraction of sp³-hybridized carbons (Fsp3) is 0.571. The van der Waals surface area contributed by atoms with Gasteiger partial charge in [0.15, 0.2) is 0 Å². The van der Waals surface area contributed by atoms with Crippen LogP contribution in [-0.4, -0.2) is 52.2 Å². The second kappa shape index (κ2) is 5.92. The van der Waals surface area contributed by atoms with Gasteiger partial charge in [0.2, 0.25) is 10.0 Å². The third kappa shape index (κ3) is 2.91. The summed E-state index contributed by atoms with van der Waals surface area (Å²) in [6.07, 6.45) is -0.514. The first-order valence-electron chi connectivity index (χ1n) is 6.73. The maximum atomic E-state index is 12.8. The van der Waals surface area contributed by atoms with Gasteiger partial charge in [-0.25, -0.2) is 8.42 Å². The maximum Gasteiger partial charge on any atom is 0.243 e. The summed E-state index contributed by atoms with van der Waals surface area (Å²) < 4.78 is 37.7. The summed E-state index contributed by atoms with van der Waals surface area (Å²) in [5.74, 6) is 0. The zero-order chi connectivity index (χ0) is 15.8. The zero-order valence-electron chi connectivity index (χ0n) is 12.8. The number of nitrogen functional groups attached to an aromatic ring is 1. The molecule has 1 heterocycles. The molecule has 0 aromatic heterocycles. The summed E-state index contributed by atoms with van der Waals surface area (Å²) in [5, 5.41) is 0. The molecule has 1 saturated heterocycles. The van der Waals surface area contributed by atoms with E-state index in [-0.39, 0.29) is 30.2 Å². The molecule has 0 amide bonds. The van der Waals surface area contributed by atoms with Crippen LogP contribution in [0.15, 0.2) is 17.0 Å². The lowest BCUT2D eigenvalue weighted by atomic mass is 10.1. The Morgan fingerprint density at radius 2 is 1.67 bits per heavy atom. The molecule has 0 radical (unpaired) electrons. The standard InChI is InChI=1S/C14H22N2O4S/c1-9-5-11(15)6-14(10(9)2)21(17,18)16-7-12(19-3)13(8-16)20-4/h5-6,12-13H,7-8,15H2,1-4H3. The summed E-state index contributed by atoms with van der Waals surface area (Å²) in [5.41, 5.74) is 7.83. The SMILES string of the molecule is COC1CN(S(=O)(=O)c2cc(N)cc(C)c2C)CC1OC. The molecule has 2 unspecified atom stereocenters. The van der Waals surface area contributed by atoms with Gasteiger partial charge in [0.1, 0.15) is 0 Å². The molecular weight excluding hydrogens is 292 g/mol. The number of ether oxygens (including phenoxy) is 2. The molecular formula is C14H22N2O4S. The van der Waals surface area contributed by atoms with Crippen LogP contribution < -0.4 is 5.73 Å². The number of sulfonamides is 1. The molecule has 7 heteroatoms. The van der Waals surface area contributed by atoms with Gasteiger partial charge in [-0.15, -0.1) is 0 Å². The van der Waals surface area contributed by atoms with Gasteiger partial charge in [-0.05, 0) is 37.1 Å². The summed E-state index contributed by atoms with van der Waals surface area (Å²) >= 11 is 0. The smallest absolute Gasteiger partial charge is 0.243 e. The molecule has 2 atom stereocenters. The van der Waals surface area contributed by atoms with Crippen LogP contribution >= 0.6 is 0 Å². The summed E-state index contributed by atoms with van der Waals surface area (Å²) in [4.78, 5) is 0.256. The van der Waals surface area contributed by atoms with Gasteiger partial charge in [-0.2, -0.15) is 4.31 Å². The molecule has 2 rings (SSSR count). The van der Waals surface area contributed by atoms with E-state index in [9.17, 15) is 8.42 Å². The average Bonchev–Trinajstić information content (AvgIpc) is 2.86. The molecule has 0 saturated carbocycles. The van der Waals surface area contributed by atoms with E-state index in [4.69, 9.17) is 15.2 Å². The Kier molecular flexibility index (Phi) is 4.57. The van der Waals surface area contributed by atoms with Gasteiger partial charge in [0.05, 0.1) is 17.1 Å². The molecule has 2 N–H and O–H groups in total. The maximum absolute atomic E-state index is 12.8. The van der Waals surface area contributed by atoms with E-state index in [0.29, 0.717) is 5.69 Å². The Bertz CT molecular complexity index is 618. The summed E-state index contributed by atoms with van der Waals surface area (Å²) in [6.45, 7) is 4.21. The molecule has 0 aliphatic carbocycles. The van der Waals surface area contributed by atoms with E-state index in [0.717, 1.165) is 11.1 Å². The number of aryl methyl sites for hydroxylation is 1. The Hall–Kier alpha value is -1.15. The largest absolute Gasteiger partial charge is 0.399 e. The van der Waals surface area contributed by atoms with E-state index in [1.54, 1.807) is 27.2 Å². The third-order valence-corrected chi connectivity index (χ3v) is 6.01. The Morgan fingerprint density at radius 3 is 2.14 bits per heavy atom. The van der Waals surface area contributed by atoms with Crippen molar-refractivity contribution in [3.05, 3.63) is 23.3 Å². The zero-order valence-corrected chi connectivity index (χ0v) is 13.6. The van der Waals surface area contributed by atoms with Crippen molar-refractivity contribution < 1.29 is 17.9 Å². The van der Waals surface area contributed by atoms with E-state index < -0.39 is 10.0 Å². The number of hydrogen-bond acceptors (Lipinski definition) is 5. The topological polar surface area (TPSA) is 81.9 Å². The fourth-order valence-electron chi connectivity index (χ4n) is 2.62. The van der Waals surface area contributed by atoms with Crippen molar-refractivity contribution in [1.29, 1.82) is 0 Å². The predicted molar refractivity (Wildman–Crippen MR) is 80.7 cm³/mol. The van der Waals surface area contributed by atoms with Crippen molar-refractivity contribution in [3.8, 4) is 0 Å². The first-order chi connectivity index (χ1) is 9.81. The van der Waals surface area contributed by atoms with Crippen LogP contribution in [0.4, 0.5) is 5.69 Å². The van der Waals surface area contributed by atoms with E-state index >= 15 is 0 Å². The second-order valence-electron chi connectivity index (χ2n) is 5.33. The van der Waals surface area contributed by atoms with Crippen LogP contribution in [0.3, 0.4) is 0 Å². The molecule has 1 aromatic carbocycles. The van der Waals surface area contributed by atoms with Gasteiger partial charge in [-0.3, -0.25) is 0 Å². The molecule has 21 heavy (non-hydrogen) atoms. The molecule has 118 valence electrons. The molecule has 1 aromatic rings. The first kappa shape index (κ1) is 16.2. The molecule has 0 spiro atoms. The monoisotopic (exact) mass is 314 g/mol. The van der Waals surface area contributed by atoms with Crippen molar-refractivity contribution in [3.63, 3.8) is 0 Å². The van der Waals surface area contributed by atoms with Crippen LogP contribution in [0.25, 0.3) is 0 Å². The fourth-order valence-corrected chi connectivity index (χ4v) is 4.42. The highest BCUT2D eigenvalue weighted by molar-refractivity contribution is 7.89. The number of nitrogens with two attached hydrogens (primary N) is 1. The quantitative estimate of drug-likeness (QED) is 0.836. The van der Waals surface area contributed by atoms with Gasteiger partial charge in [-0.1, -0.05) is 0 Å². The molecule has 1 aliphatic heterocycles. The normalized spacial score (nSPS) is 23.6.